The fourth-order valence-electron chi connectivity index (χ4n) is 0.931. The first-order valence-electron chi connectivity index (χ1n) is 5.84. The second-order valence-corrected chi connectivity index (χ2v) is 4.99. The van der Waals surface area contributed by atoms with Gasteiger partial charge in [-0.25, -0.2) is 0 Å². The van der Waals surface area contributed by atoms with E-state index in [1.54, 1.807) is 0 Å². The van der Waals surface area contributed by atoms with Gasteiger partial charge in [-0.3, -0.25) is 19.2 Å². The SMILES string of the molecule is NS(=O)(=O)OC(=O)CCCCC(=O)O.O=C(O)CCC(=O)O. The lowest BCUT2D eigenvalue weighted by Gasteiger charge is -1.99. The van der Waals surface area contributed by atoms with Gasteiger partial charge in [0.15, 0.2) is 0 Å². The van der Waals surface area contributed by atoms with Crippen LogP contribution >= 0.6 is 0 Å². The Morgan fingerprint density at radius 3 is 1.45 bits per heavy atom. The number of carboxylic acids is 3. The van der Waals surface area contributed by atoms with Crippen molar-refractivity contribution in [3.05, 3.63) is 0 Å². The molecule has 0 aromatic rings. The molecule has 0 amide bonds. The van der Waals surface area contributed by atoms with E-state index >= 15 is 0 Å². The van der Waals surface area contributed by atoms with Gasteiger partial charge in [-0.1, -0.05) is 0 Å². The highest BCUT2D eigenvalue weighted by Crippen LogP contribution is 2.02. The van der Waals surface area contributed by atoms with E-state index in [0.717, 1.165) is 0 Å². The predicted octanol–water partition coefficient (Wildman–Crippen LogP) is -0.686. The van der Waals surface area contributed by atoms with Gasteiger partial charge in [0.2, 0.25) is 0 Å². The second kappa shape index (κ2) is 11.4. The molecule has 0 heterocycles. The fraction of sp³-hybridized carbons (Fsp3) is 0.600. The van der Waals surface area contributed by atoms with E-state index in [9.17, 15) is 27.6 Å². The average molecular weight is 343 g/mol. The van der Waals surface area contributed by atoms with Crippen LogP contribution in [0.2, 0.25) is 0 Å². The van der Waals surface area contributed by atoms with Crippen molar-refractivity contribution in [1.29, 1.82) is 0 Å². The number of aliphatic carboxylic acids is 3. The van der Waals surface area contributed by atoms with Crippen molar-refractivity contribution in [1.82, 2.24) is 0 Å². The summed E-state index contributed by atoms with van der Waals surface area (Å²) in [6.07, 6.45) is -0.285. The molecule has 0 aliphatic rings. The van der Waals surface area contributed by atoms with Crippen molar-refractivity contribution in [2.75, 3.05) is 0 Å². The first kappa shape index (κ1) is 22.1. The van der Waals surface area contributed by atoms with Gasteiger partial charge < -0.3 is 19.5 Å². The van der Waals surface area contributed by atoms with Crippen LogP contribution in [-0.2, 0) is 33.7 Å². The maximum Gasteiger partial charge on any atom is 0.382 e. The summed E-state index contributed by atoms with van der Waals surface area (Å²) < 4.78 is 24.3. The standard InChI is InChI=1S/C6H11NO6S.C4H6O4/c7-14(11,12)13-6(10)4-2-1-3-5(8)9;5-3(6)1-2-4(7)8/h1-4H2,(H,8,9)(H2,7,11,12);1-2H2,(H,5,6)(H,7,8). The zero-order valence-corrected chi connectivity index (χ0v) is 12.2. The lowest BCUT2D eigenvalue weighted by molar-refractivity contribution is -0.143. The lowest BCUT2D eigenvalue weighted by atomic mass is 10.2. The molecule has 22 heavy (non-hydrogen) atoms. The largest absolute Gasteiger partial charge is 0.481 e. The number of unbranched alkanes of at least 4 members (excludes halogenated alkanes) is 1. The van der Waals surface area contributed by atoms with Gasteiger partial charge in [0.05, 0.1) is 12.8 Å². The zero-order chi connectivity index (χ0) is 17.8. The minimum absolute atomic E-state index is 0.0668. The Kier molecular flexibility index (Phi) is 11.5. The van der Waals surface area contributed by atoms with Crippen molar-refractivity contribution in [3.63, 3.8) is 0 Å². The van der Waals surface area contributed by atoms with E-state index in [-0.39, 0.29) is 38.5 Å². The summed E-state index contributed by atoms with van der Waals surface area (Å²) in [6.45, 7) is 0. The molecule has 0 unspecified atom stereocenters. The van der Waals surface area contributed by atoms with Crippen molar-refractivity contribution in [2.24, 2.45) is 5.14 Å². The zero-order valence-electron chi connectivity index (χ0n) is 11.4. The van der Waals surface area contributed by atoms with Crippen LogP contribution in [-0.4, -0.2) is 47.6 Å². The summed E-state index contributed by atoms with van der Waals surface area (Å²) in [5.41, 5.74) is 0. The molecular formula is C10H17NO10S. The molecule has 0 rings (SSSR count). The molecule has 0 fully saturated rings. The fourth-order valence-corrected chi connectivity index (χ4v) is 1.27. The predicted molar refractivity (Wildman–Crippen MR) is 69.8 cm³/mol. The summed E-state index contributed by atoms with van der Waals surface area (Å²) in [5.74, 6) is -4.09. The molecular weight excluding hydrogens is 326 g/mol. The summed E-state index contributed by atoms with van der Waals surface area (Å²) >= 11 is 0. The molecule has 0 aliphatic carbocycles. The van der Waals surface area contributed by atoms with Crippen LogP contribution in [0.5, 0.6) is 0 Å². The molecule has 128 valence electrons. The molecule has 0 aromatic carbocycles. The molecule has 11 nitrogen and oxygen atoms in total. The number of carboxylic acid groups (broad SMARTS) is 3. The van der Waals surface area contributed by atoms with Crippen LogP contribution in [0.4, 0.5) is 0 Å². The third kappa shape index (κ3) is 22.9. The Morgan fingerprint density at radius 2 is 1.14 bits per heavy atom. The minimum Gasteiger partial charge on any atom is -0.481 e. The van der Waals surface area contributed by atoms with Crippen molar-refractivity contribution < 1.29 is 47.1 Å². The highest BCUT2D eigenvalue weighted by Gasteiger charge is 2.11. The van der Waals surface area contributed by atoms with E-state index in [1.165, 1.54) is 0 Å². The molecule has 12 heteroatoms. The van der Waals surface area contributed by atoms with Crippen LogP contribution < -0.4 is 5.14 Å². The first-order chi connectivity index (χ1) is 9.94. The van der Waals surface area contributed by atoms with Gasteiger partial charge >= 0.3 is 34.2 Å². The van der Waals surface area contributed by atoms with Gasteiger partial charge in [-0.15, -0.1) is 0 Å². The summed E-state index contributed by atoms with van der Waals surface area (Å²) in [7, 11) is -4.24. The maximum absolute atomic E-state index is 10.7. The topological polar surface area (TPSA) is 198 Å². The minimum atomic E-state index is -4.24. The third-order valence-corrected chi connectivity index (χ3v) is 2.20. The smallest absolute Gasteiger partial charge is 0.382 e. The van der Waals surface area contributed by atoms with E-state index in [0.29, 0.717) is 0 Å². The second-order valence-electron chi connectivity index (χ2n) is 3.84. The number of carbonyl (C=O) groups excluding carboxylic acids is 1. The summed E-state index contributed by atoms with van der Waals surface area (Å²) in [5, 5.41) is 28.5. The molecule has 0 aliphatic heterocycles. The van der Waals surface area contributed by atoms with Gasteiger partial charge in [0, 0.05) is 12.8 Å². The van der Waals surface area contributed by atoms with Gasteiger partial charge in [0.25, 0.3) is 0 Å². The maximum atomic E-state index is 10.7. The highest BCUT2D eigenvalue weighted by atomic mass is 32.2. The Balaban J connectivity index is 0. The van der Waals surface area contributed by atoms with E-state index < -0.39 is 34.2 Å². The number of carbonyl (C=O) groups is 4. The van der Waals surface area contributed by atoms with Crippen LogP contribution in [0.3, 0.4) is 0 Å². The highest BCUT2D eigenvalue weighted by molar-refractivity contribution is 7.84. The van der Waals surface area contributed by atoms with Crippen molar-refractivity contribution >= 4 is 34.2 Å². The first-order valence-corrected chi connectivity index (χ1v) is 7.31. The van der Waals surface area contributed by atoms with Crippen LogP contribution in [0.25, 0.3) is 0 Å². The third-order valence-electron chi connectivity index (χ3n) is 1.78. The van der Waals surface area contributed by atoms with E-state index in [2.05, 4.69) is 9.32 Å². The van der Waals surface area contributed by atoms with Gasteiger partial charge in [0.1, 0.15) is 0 Å². The monoisotopic (exact) mass is 343 g/mol. The quantitative estimate of drug-likeness (QED) is 0.388. The Morgan fingerprint density at radius 1 is 0.773 bits per heavy atom. The van der Waals surface area contributed by atoms with Crippen LogP contribution in [0, 0.1) is 0 Å². The molecule has 0 atom stereocenters. The molecule has 0 bridgehead atoms. The van der Waals surface area contributed by atoms with Crippen molar-refractivity contribution in [3.8, 4) is 0 Å². The molecule has 0 saturated heterocycles. The van der Waals surface area contributed by atoms with E-state index in [1.807, 2.05) is 0 Å². The molecule has 0 saturated carbocycles. The van der Waals surface area contributed by atoms with Crippen LogP contribution in [0.15, 0.2) is 0 Å². The summed E-state index contributed by atoms with van der Waals surface area (Å²) in [6, 6.07) is 0. The molecule has 5 N–H and O–H groups in total. The number of hydrogen-bond acceptors (Lipinski definition) is 7. The number of rotatable bonds is 9. The van der Waals surface area contributed by atoms with E-state index in [4.69, 9.17) is 15.3 Å². The van der Waals surface area contributed by atoms with Crippen LogP contribution in [0.1, 0.15) is 38.5 Å². The normalized spacial score (nSPS) is 10.0. The molecule has 0 aromatic heterocycles. The van der Waals surface area contributed by atoms with Gasteiger partial charge in [-0.05, 0) is 12.8 Å². The molecule has 0 radical (unpaired) electrons. The number of hydrogen-bond donors (Lipinski definition) is 4. The number of nitrogens with two attached hydrogens (primary N) is 1. The molecule has 0 spiro atoms. The van der Waals surface area contributed by atoms with Crippen molar-refractivity contribution in [2.45, 2.75) is 38.5 Å². The Bertz CT molecular complexity index is 484. The average Bonchev–Trinajstić information content (AvgIpc) is 2.30. The lowest BCUT2D eigenvalue weighted by Crippen LogP contribution is -2.20. The Labute approximate surface area is 125 Å². The van der Waals surface area contributed by atoms with Gasteiger partial charge in [-0.2, -0.15) is 13.6 Å². The Hall–Kier alpha value is -2.21. The summed E-state index contributed by atoms with van der Waals surface area (Å²) in [4.78, 5) is 40.0.